The van der Waals surface area contributed by atoms with Crippen LogP contribution in [0.2, 0.25) is 0 Å². The van der Waals surface area contributed by atoms with E-state index >= 15 is 0 Å². The minimum Gasteiger partial charge on any atom is -0.324 e. The smallest absolute Gasteiger partial charge is 0.225 e. The number of anilines is 1. The molecule has 0 fully saturated rings. The third-order valence-electron chi connectivity index (χ3n) is 4.37. The van der Waals surface area contributed by atoms with Crippen LogP contribution < -0.4 is 11.1 Å². The second kappa shape index (κ2) is 5.82. The number of allylic oxidation sites excluding steroid dienone is 2. The highest BCUT2D eigenvalue weighted by Gasteiger charge is 2.20. The molecule has 0 bridgehead atoms. The van der Waals surface area contributed by atoms with Crippen LogP contribution in [0, 0.1) is 0 Å². The van der Waals surface area contributed by atoms with Crippen molar-refractivity contribution in [3.05, 3.63) is 46.7 Å². The van der Waals surface area contributed by atoms with Crippen LogP contribution in [-0.2, 0) is 11.2 Å². The monoisotopic (exact) mass is 283 g/mol. The van der Waals surface area contributed by atoms with Crippen molar-refractivity contribution in [2.24, 2.45) is 5.73 Å². The molecule has 1 aliphatic carbocycles. The van der Waals surface area contributed by atoms with Gasteiger partial charge in [-0.3, -0.25) is 4.79 Å². The maximum absolute atomic E-state index is 12.1. The molecule has 1 atom stereocenters. The Morgan fingerprint density at radius 1 is 1.29 bits per heavy atom. The van der Waals surface area contributed by atoms with Crippen molar-refractivity contribution in [2.45, 2.75) is 45.1 Å². The highest BCUT2D eigenvalue weighted by atomic mass is 16.1. The van der Waals surface area contributed by atoms with Crippen LogP contribution in [0.4, 0.5) is 5.82 Å². The van der Waals surface area contributed by atoms with Gasteiger partial charge >= 0.3 is 0 Å². The van der Waals surface area contributed by atoms with E-state index in [0.717, 1.165) is 31.2 Å². The van der Waals surface area contributed by atoms with Crippen LogP contribution in [0.1, 0.15) is 38.2 Å². The molecular formula is C17H21N3O. The summed E-state index contributed by atoms with van der Waals surface area (Å²) in [4.78, 5) is 16.4. The first-order chi connectivity index (χ1) is 10.1. The SMILES string of the molecule is CC1=CC2=C(CCc3cccnc3NC(=O)CC2)CC1N. The third-order valence-corrected chi connectivity index (χ3v) is 4.37. The van der Waals surface area contributed by atoms with Gasteiger partial charge in [-0.05, 0) is 49.8 Å². The fourth-order valence-corrected chi connectivity index (χ4v) is 3.03. The zero-order chi connectivity index (χ0) is 14.8. The van der Waals surface area contributed by atoms with Gasteiger partial charge in [-0.1, -0.05) is 23.3 Å². The quantitative estimate of drug-likeness (QED) is 0.769. The molecule has 1 aromatic rings. The lowest BCUT2D eigenvalue weighted by atomic mass is 9.84. The van der Waals surface area contributed by atoms with Crippen LogP contribution in [0.25, 0.3) is 0 Å². The Morgan fingerprint density at radius 3 is 3.00 bits per heavy atom. The van der Waals surface area contributed by atoms with E-state index in [0.29, 0.717) is 12.2 Å². The highest BCUT2D eigenvalue weighted by molar-refractivity contribution is 5.90. The number of pyridine rings is 1. The molecule has 1 amide bonds. The van der Waals surface area contributed by atoms with Crippen molar-refractivity contribution in [1.29, 1.82) is 0 Å². The Hall–Kier alpha value is -1.94. The first-order valence-electron chi connectivity index (χ1n) is 7.52. The van der Waals surface area contributed by atoms with Crippen molar-refractivity contribution in [1.82, 2.24) is 4.98 Å². The van der Waals surface area contributed by atoms with Gasteiger partial charge < -0.3 is 11.1 Å². The Labute approximate surface area is 125 Å². The summed E-state index contributed by atoms with van der Waals surface area (Å²) in [5.74, 6) is 0.739. The van der Waals surface area contributed by atoms with Gasteiger partial charge in [-0.2, -0.15) is 0 Å². The van der Waals surface area contributed by atoms with Crippen LogP contribution in [0.5, 0.6) is 0 Å². The molecular weight excluding hydrogens is 262 g/mol. The molecule has 4 heteroatoms. The molecule has 0 radical (unpaired) electrons. The summed E-state index contributed by atoms with van der Waals surface area (Å²) in [7, 11) is 0. The number of aromatic nitrogens is 1. The first kappa shape index (κ1) is 14.0. The molecule has 0 saturated heterocycles. The van der Waals surface area contributed by atoms with E-state index in [1.165, 1.54) is 16.7 Å². The van der Waals surface area contributed by atoms with Crippen LogP contribution in [-0.4, -0.2) is 16.9 Å². The number of carbonyl (C=O) groups is 1. The van der Waals surface area contributed by atoms with Gasteiger partial charge in [-0.15, -0.1) is 0 Å². The van der Waals surface area contributed by atoms with Gasteiger partial charge in [0.1, 0.15) is 5.82 Å². The summed E-state index contributed by atoms with van der Waals surface area (Å²) in [6.45, 7) is 2.08. The summed E-state index contributed by atoms with van der Waals surface area (Å²) in [6, 6.07) is 4.07. The molecule has 1 unspecified atom stereocenters. The molecule has 3 N–H and O–H groups in total. The summed E-state index contributed by atoms with van der Waals surface area (Å²) in [5.41, 5.74) is 11.2. The molecule has 4 nitrogen and oxygen atoms in total. The van der Waals surface area contributed by atoms with Crippen molar-refractivity contribution < 1.29 is 4.79 Å². The van der Waals surface area contributed by atoms with Crippen molar-refractivity contribution in [2.75, 3.05) is 5.32 Å². The lowest BCUT2D eigenvalue weighted by Crippen LogP contribution is -2.26. The molecule has 0 saturated carbocycles. The van der Waals surface area contributed by atoms with Crippen molar-refractivity contribution in [3.8, 4) is 0 Å². The van der Waals surface area contributed by atoms with E-state index in [4.69, 9.17) is 5.73 Å². The van der Waals surface area contributed by atoms with Gasteiger partial charge in [0.05, 0.1) is 0 Å². The fourth-order valence-electron chi connectivity index (χ4n) is 3.03. The Morgan fingerprint density at radius 2 is 2.14 bits per heavy atom. The molecule has 110 valence electrons. The van der Waals surface area contributed by atoms with Gasteiger partial charge in [0.15, 0.2) is 0 Å². The maximum atomic E-state index is 12.1. The minimum atomic E-state index is 0.0321. The predicted molar refractivity (Wildman–Crippen MR) is 83.8 cm³/mol. The number of hydrogen-bond donors (Lipinski definition) is 2. The molecule has 0 aromatic carbocycles. The van der Waals surface area contributed by atoms with E-state index < -0.39 is 0 Å². The number of amides is 1. The van der Waals surface area contributed by atoms with Gasteiger partial charge in [0, 0.05) is 18.7 Å². The summed E-state index contributed by atoms with van der Waals surface area (Å²) < 4.78 is 0. The normalized spacial score (nSPS) is 22.9. The van der Waals surface area contributed by atoms with Crippen molar-refractivity contribution in [3.63, 3.8) is 0 Å². The number of hydrogen-bond acceptors (Lipinski definition) is 3. The lowest BCUT2D eigenvalue weighted by Gasteiger charge is -2.25. The number of nitrogens with two attached hydrogens (primary N) is 1. The number of rotatable bonds is 0. The average molecular weight is 283 g/mol. The Balaban J connectivity index is 1.93. The molecule has 2 aliphatic rings. The third kappa shape index (κ3) is 3.05. The number of fused-ring (bicyclic) bond motifs is 1. The van der Waals surface area contributed by atoms with Crippen LogP contribution in [0.3, 0.4) is 0 Å². The first-order valence-corrected chi connectivity index (χ1v) is 7.52. The molecule has 2 heterocycles. The van der Waals surface area contributed by atoms with E-state index in [1.54, 1.807) is 6.20 Å². The standard InChI is InChI=1S/C17H21N3O/c1-11-9-13-6-7-16(21)20-17-12(3-2-8-19-17)4-5-14(13)10-15(11)18/h2-3,8-9,15H,4-7,10,18H2,1H3,(H,19,20,21). The average Bonchev–Trinajstić information content (AvgIpc) is 2.47. The van der Waals surface area contributed by atoms with Crippen LogP contribution >= 0.6 is 0 Å². The zero-order valence-corrected chi connectivity index (χ0v) is 12.4. The summed E-state index contributed by atoms with van der Waals surface area (Å²) >= 11 is 0. The van der Waals surface area contributed by atoms with Gasteiger partial charge in [0.25, 0.3) is 0 Å². The predicted octanol–water partition coefficient (Wildman–Crippen LogP) is 2.72. The number of nitrogens with zero attached hydrogens (tertiary/aromatic N) is 1. The van der Waals surface area contributed by atoms with E-state index in [9.17, 15) is 4.79 Å². The van der Waals surface area contributed by atoms with Gasteiger partial charge in [-0.25, -0.2) is 4.98 Å². The van der Waals surface area contributed by atoms with E-state index in [-0.39, 0.29) is 11.9 Å². The lowest BCUT2D eigenvalue weighted by molar-refractivity contribution is -0.116. The number of nitrogens with one attached hydrogen (secondary N) is 1. The molecule has 1 aromatic heterocycles. The number of aryl methyl sites for hydroxylation is 1. The fraction of sp³-hybridized carbons (Fsp3) is 0.412. The van der Waals surface area contributed by atoms with Gasteiger partial charge in [0.2, 0.25) is 5.91 Å². The maximum Gasteiger partial charge on any atom is 0.225 e. The Kier molecular flexibility index (Phi) is 3.88. The summed E-state index contributed by atoms with van der Waals surface area (Å²) in [6.07, 6.45) is 7.97. The molecule has 0 spiro atoms. The summed E-state index contributed by atoms with van der Waals surface area (Å²) in [5, 5.41) is 2.93. The topological polar surface area (TPSA) is 68.0 Å². The molecule has 3 rings (SSSR count). The second-order valence-electron chi connectivity index (χ2n) is 5.89. The Bertz CT molecular complexity index is 631. The largest absolute Gasteiger partial charge is 0.324 e. The van der Waals surface area contributed by atoms with Crippen molar-refractivity contribution >= 4 is 11.7 Å². The number of carbonyl (C=O) groups excluding carboxylic acids is 1. The van der Waals surface area contributed by atoms with E-state index in [2.05, 4.69) is 23.3 Å². The zero-order valence-electron chi connectivity index (χ0n) is 12.4. The second-order valence-corrected chi connectivity index (χ2v) is 5.89. The van der Waals surface area contributed by atoms with Crippen LogP contribution in [0.15, 0.2) is 41.1 Å². The van der Waals surface area contributed by atoms with E-state index in [1.807, 2.05) is 12.1 Å². The minimum absolute atomic E-state index is 0.0321. The molecule has 1 aliphatic heterocycles. The molecule has 21 heavy (non-hydrogen) atoms. The highest BCUT2D eigenvalue weighted by Crippen LogP contribution is 2.31.